The molecule has 0 saturated heterocycles. The Morgan fingerprint density at radius 3 is 2.75 bits per heavy atom. The second-order valence-electron chi connectivity index (χ2n) is 6.70. The van der Waals surface area contributed by atoms with Crippen LogP contribution in [-0.4, -0.2) is 33.0 Å². The number of aromatic nitrogens is 3. The quantitative estimate of drug-likeness (QED) is 0.404. The molecule has 1 saturated carbocycles. The van der Waals surface area contributed by atoms with Crippen LogP contribution in [0.4, 0.5) is 5.69 Å². The molecule has 0 bridgehead atoms. The van der Waals surface area contributed by atoms with Crippen LogP contribution in [0.15, 0.2) is 71.0 Å². The number of carbonyl (C=O) groups is 1. The van der Waals surface area contributed by atoms with E-state index in [1.807, 2.05) is 42.5 Å². The molecule has 4 rings (SSSR count). The molecular weight excluding hydrogens is 372 g/mol. The minimum Gasteiger partial charge on any atom is -0.467 e. The lowest BCUT2D eigenvalue weighted by Gasteiger charge is -2.21. The maximum Gasteiger partial charge on any atom is 0.237 e. The maximum absolute atomic E-state index is 12.9. The highest BCUT2D eigenvalue weighted by Crippen LogP contribution is 2.40. The molecule has 2 aromatic heterocycles. The smallest absolute Gasteiger partial charge is 0.237 e. The van der Waals surface area contributed by atoms with Crippen LogP contribution in [0.2, 0.25) is 0 Å². The van der Waals surface area contributed by atoms with Crippen LogP contribution in [0.1, 0.15) is 30.3 Å². The van der Waals surface area contributed by atoms with Gasteiger partial charge in [0.15, 0.2) is 5.16 Å². The zero-order valence-corrected chi connectivity index (χ0v) is 16.3. The van der Waals surface area contributed by atoms with Gasteiger partial charge in [0, 0.05) is 18.2 Å². The van der Waals surface area contributed by atoms with Crippen molar-refractivity contribution in [3.8, 4) is 0 Å². The third-order valence-corrected chi connectivity index (χ3v) is 5.54. The first-order valence-electron chi connectivity index (χ1n) is 9.31. The highest BCUT2D eigenvalue weighted by molar-refractivity contribution is 7.99. The molecular formula is C21H22N4O2S. The summed E-state index contributed by atoms with van der Waals surface area (Å²) in [5, 5.41) is 9.49. The van der Waals surface area contributed by atoms with E-state index in [-0.39, 0.29) is 11.7 Å². The summed E-state index contributed by atoms with van der Waals surface area (Å²) in [5.41, 5.74) is 0.865. The van der Waals surface area contributed by atoms with Gasteiger partial charge in [-0.2, -0.15) is 0 Å². The highest BCUT2D eigenvalue weighted by Gasteiger charge is 2.31. The number of nitrogens with zero attached hydrogens (tertiary/aromatic N) is 4. The molecule has 1 aliphatic rings. The van der Waals surface area contributed by atoms with Crippen molar-refractivity contribution in [1.29, 1.82) is 0 Å². The van der Waals surface area contributed by atoms with Crippen molar-refractivity contribution >= 4 is 23.4 Å². The molecule has 1 aliphatic carbocycles. The molecule has 1 aromatic carbocycles. The lowest BCUT2D eigenvalue weighted by Crippen LogP contribution is -2.32. The van der Waals surface area contributed by atoms with E-state index in [9.17, 15) is 4.79 Å². The first kappa shape index (κ1) is 18.6. The lowest BCUT2D eigenvalue weighted by atomic mass is 10.3. The van der Waals surface area contributed by atoms with E-state index in [0.717, 1.165) is 35.3 Å². The van der Waals surface area contributed by atoms with Gasteiger partial charge in [0.05, 0.1) is 18.6 Å². The second kappa shape index (κ2) is 8.48. The van der Waals surface area contributed by atoms with Crippen molar-refractivity contribution in [3.05, 3.63) is 73.0 Å². The van der Waals surface area contributed by atoms with Gasteiger partial charge in [-0.1, -0.05) is 36.0 Å². The molecule has 0 spiro atoms. The van der Waals surface area contributed by atoms with Crippen LogP contribution >= 0.6 is 11.8 Å². The van der Waals surface area contributed by atoms with E-state index >= 15 is 0 Å². The predicted molar refractivity (Wildman–Crippen MR) is 110 cm³/mol. The van der Waals surface area contributed by atoms with Crippen molar-refractivity contribution in [2.45, 2.75) is 30.5 Å². The average molecular weight is 395 g/mol. The van der Waals surface area contributed by atoms with Gasteiger partial charge < -0.3 is 9.32 Å². The van der Waals surface area contributed by atoms with Gasteiger partial charge in [0.2, 0.25) is 5.91 Å². The van der Waals surface area contributed by atoms with Gasteiger partial charge in [-0.3, -0.25) is 9.36 Å². The molecule has 28 heavy (non-hydrogen) atoms. The Hall–Kier alpha value is -2.80. The summed E-state index contributed by atoms with van der Waals surface area (Å²) in [6, 6.07) is 13.5. The molecule has 144 valence electrons. The summed E-state index contributed by atoms with van der Waals surface area (Å²) in [4.78, 5) is 14.6. The monoisotopic (exact) mass is 394 g/mol. The minimum absolute atomic E-state index is 0.0108. The molecule has 0 unspecified atom stereocenters. The van der Waals surface area contributed by atoms with E-state index in [0.29, 0.717) is 19.0 Å². The fraction of sp³-hybridized carbons (Fsp3) is 0.286. The molecule has 7 heteroatoms. The standard InChI is InChI=1S/C21H22N4O2S/c1-2-12-24(17-7-4-3-5-8-17)19(26)15-28-21-23-22-20(16-10-11-16)25(21)14-18-9-6-13-27-18/h2-9,13,16H,1,10-12,14-15H2. The van der Waals surface area contributed by atoms with Gasteiger partial charge in [-0.05, 0) is 37.1 Å². The van der Waals surface area contributed by atoms with E-state index in [4.69, 9.17) is 4.42 Å². The second-order valence-corrected chi connectivity index (χ2v) is 7.64. The predicted octanol–water partition coefficient (Wildman–Crippen LogP) is 4.11. The van der Waals surface area contributed by atoms with Crippen LogP contribution in [0.3, 0.4) is 0 Å². The van der Waals surface area contributed by atoms with Crippen LogP contribution in [0.5, 0.6) is 0 Å². The summed E-state index contributed by atoms with van der Waals surface area (Å²) in [7, 11) is 0. The molecule has 2 heterocycles. The summed E-state index contributed by atoms with van der Waals surface area (Å²) >= 11 is 1.41. The SMILES string of the molecule is C=CCN(C(=O)CSc1nnc(C2CC2)n1Cc1ccco1)c1ccccc1. The normalized spacial score (nSPS) is 13.4. The number of hydrogen-bond acceptors (Lipinski definition) is 5. The fourth-order valence-corrected chi connectivity index (χ4v) is 3.87. The van der Waals surface area contributed by atoms with Gasteiger partial charge in [-0.25, -0.2) is 0 Å². The van der Waals surface area contributed by atoms with Gasteiger partial charge in [0.1, 0.15) is 11.6 Å². The van der Waals surface area contributed by atoms with E-state index < -0.39 is 0 Å². The Labute approximate surface area is 168 Å². The summed E-state index contributed by atoms with van der Waals surface area (Å²) < 4.78 is 7.58. The number of rotatable bonds is 9. The van der Waals surface area contributed by atoms with Crippen molar-refractivity contribution in [2.24, 2.45) is 0 Å². The van der Waals surface area contributed by atoms with Crippen LogP contribution in [-0.2, 0) is 11.3 Å². The zero-order chi connectivity index (χ0) is 19.3. The van der Waals surface area contributed by atoms with Crippen LogP contribution in [0.25, 0.3) is 0 Å². The maximum atomic E-state index is 12.9. The number of benzene rings is 1. The third kappa shape index (κ3) is 4.20. The largest absolute Gasteiger partial charge is 0.467 e. The number of hydrogen-bond donors (Lipinski definition) is 0. The molecule has 3 aromatic rings. The number of carbonyl (C=O) groups excluding carboxylic acids is 1. The topological polar surface area (TPSA) is 64.2 Å². The Morgan fingerprint density at radius 1 is 1.25 bits per heavy atom. The zero-order valence-electron chi connectivity index (χ0n) is 15.5. The molecule has 0 aliphatic heterocycles. The van der Waals surface area contributed by atoms with Gasteiger partial charge >= 0.3 is 0 Å². The lowest BCUT2D eigenvalue weighted by molar-refractivity contribution is -0.116. The van der Waals surface area contributed by atoms with E-state index in [1.54, 1.807) is 17.2 Å². The molecule has 1 fully saturated rings. The van der Waals surface area contributed by atoms with Gasteiger partial charge in [0.25, 0.3) is 0 Å². The Kier molecular flexibility index (Phi) is 5.62. The van der Waals surface area contributed by atoms with E-state index in [1.165, 1.54) is 11.8 Å². The van der Waals surface area contributed by atoms with Crippen molar-refractivity contribution < 1.29 is 9.21 Å². The molecule has 0 radical (unpaired) electrons. The average Bonchev–Trinajstić information content (AvgIpc) is 3.29. The number of amides is 1. The third-order valence-electron chi connectivity index (χ3n) is 4.59. The summed E-state index contributed by atoms with van der Waals surface area (Å²) in [6.07, 6.45) is 5.68. The number of anilines is 1. The molecule has 0 atom stereocenters. The molecule has 0 N–H and O–H groups in total. The molecule has 1 amide bonds. The first-order chi connectivity index (χ1) is 13.8. The van der Waals surface area contributed by atoms with E-state index in [2.05, 4.69) is 21.3 Å². The first-order valence-corrected chi connectivity index (χ1v) is 10.3. The minimum atomic E-state index is 0.0108. The van der Waals surface area contributed by atoms with Crippen LogP contribution < -0.4 is 4.90 Å². The Morgan fingerprint density at radius 2 is 2.07 bits per heavy atom. The van der Waals surface area contributed by atoms with Crippen molar-refractivity contribution in [2.75, 3.05) is 17.2 Å². The molecule has 6 nitrogen and oxygen atoms in total. The number of thioether (sulfide) groups is 1. The van der Waals surface area contributed by atoms with Crippen molar-refractivity contribution in [1.82, 2.24) is 14.8 Å². The highest BCUT2D eigenvalue weighted by atomic mass is 32.2. The van der Waals surface area contributed by atoms with Crippen molar-refractivity contribution in [3.63, 3.8) is 0 Å². The summed E-state index contributed by atoms with van der Waals surface area (Å²) in [6.45, 7) is 4.82. The number of furan rings is 1. The Bertz CT molecular complexity index is 933. The van der Waals surface area contributed by atoms with Gasteiger partial charge in [-0.15, -0.1) is 16.8 Å². The summed E-state index contributed by atoms with van der Waals surface area (Å²) in [5.74, 6) is 2.60. The van der Waals surface area contributed by atoms with Crippen LogP contribution in [0, 0.1) is 0 Å². The number of para-hydroxylation sites is 1. The Balaban J connectivity index is 1.49. The fourth-order valence-electron chi connectivity index (χ4n) is 3.05.